The van der Waals surface area contributed by atoms with Crippen LogP contribution < -0.4 is 5.32 Å². The van der Waals surface area contributed by atoms with Crippen molar-refractivity contribution in [3.05, 3.63) is 69.2 Å². The molecule has 20 heavy (non-hydrogen) atoms. The van der Waals surface area contributed by atoms with Gasteiger partial charge in [0.2, 0.25) is 0 Å². The minimum absolute atomic E-state index is 0.397. The second-order valence-corrected chi connectivity index (χ2v) is 6.21. The number of halogens is 2. The number of rotatable bonds is 6. The van der Waals surface area contributed by atoms with Gasteiger partial charge in [0.05, 0.1) is 0 Å². The van der Waals surface area contributed by atoms with Gasteiger partial charge in [-0.25, -0.2) is 0 Å². The molecule has 0 aliphatic carbocycles. The van der Waals surface area contributed by atoms with Crippen LogP contribution in [-0.4, -0.2) is 12.6 Å². The molecular formula is C17H19BrClN. The third-order valence-electron chi connectivity index (χ3n) is 3.29. The smallest absolute Gasteiger partial charge is 0.0438 e. The summed E-state index contributed by atoms with van der Waals surface area (Å²) in [6.07, 6.45) is 1.94. The first-order chi connectivity index (χ1) is 9.69. The first kappa shape index (κ1) is 15.6. The molecule has 2 aromatic rings. The van der Waals surface area contributed by atoms with Crippen molar-refractivity contribution in [2.45, 2.75) is 25.8 Å². The van der Waals surface area contributed by atoms with Gasteiger partial charge in [-0.2, -0.15) is 0 Å². The van der Waals surface area contributed by atoms with Crippen LogP contribution in [0.1, 0.15) is 18.1 Å². The first-order valence-electron chi connectivity index (χ1n) is 6.90. The monoisotopic (exact) mass is 351 g/mol. The lowest BCUT2D eigenvalue weighted by atomic mass is 9.99. The van der Waals surface area contributed by atoms with Gasteiger partial charge in [-0.05, 0) is 48.7 Å². The lowest BCUT2D eigenvalue weighted by molar-refractivity contribution is 0.521. The van der Waals surface area contributed by atoms with E-state index in [0.29, 0.717) is 6.04 Å². The molecule has 0 fully saturated rings. The Labute approximate surface area is 134 Å². The fourth-order valence-corrected chi connectivity index (χ4v) is 3.04. The number of benzene rings is 2. The highest BCUT2D eigenvalue weighted by molar-refractivity contribution is 9.10. The van der Waals surface area contributed by atoms with Gasteiger partial charge in [0.15, 0.2) is 0 Å². The quantitative estimate of drug-likeness (QED) is 0.782. The van der Waals surface area contributed by atoms with Crippen molar-refractivity contribution in [1.29, 1.82) is 0 Å². The number of nitrogens with one attached hydrogen (secondary N) is 1. The lowest BCUT2D eigenvalue weighted by Crippen LogP contribution is -2.33. The Morgan fingerprint density at radius 2 is 1.90 bits per heavy atom. The Hall–Kier alpha value is -0.830. The van der Waals surface area contributed by atoms with Crippen molar-refractivity contribution in [3.8, 4) is 0 Å². The largest absolute Gasteiger partial charge is 0.314 e. The molecule has 0 aromatic heterocycles. The number of hydrogen-bond donors (Lipinski definition) is 1. The van der Waals surface area contributed by atoms with Crippen LogP contribution >= 0.6 is 27.5 Å². The summed E-state index contributed by atoms with van der Waals surface area (Å²) in [7, 11) is 0. The molecule has 0 spiro atoms. The standard InChI is InChI=1S/C17H19BrClN/c1-2-20-16(11-13-6-5-8-15(18)10-13)12-14-7-3-4-9-17(14)19/h3-10,16,20H,2,11-12H2,1H3. The Kier molecular flexibility index (Phi) is 6.08. The van der Waals surface area contributed by atoms with Gasteiger partial charge < -0.3 is 5.32 Å². The van der Waals surface area contributed by atoms with Crippen LogP contribution in [0, 0.1) is 0 Å². The van der Waals surface area contributed by atoms with E-state index in [9.17, 15) is 0 Å². The van der Waals surface area contributed by atoms with E-state index in [1.165, 1.54) is 11.1 Å². The zero-order valence-corrected chi connectivity index (χ0v) is 13.9. The third kappa shape index (κ3) is 4.62. The molecule has 2 rings (SSSR count). The summed E-state index contributed by atoms with van der Waals surface area (Å²) in [5.41, 5.74) is 2.53. The Bertz CT molecular complexity index is 556. The molecule has 0 bridgehead atoms. The highest BCUT2D eigenvalue weighted by Gasteiger charge is 2.11. The van der Waals surface area contributed by atoms with E-state index in [0.717, 1.165) is 28.9 Å². The van der Waals surface area contributed by atoms with Crippen LogP contribution in [0.4, 0.5) is 0 Å². The van der Waals surface area contributed by atoms with Gasteiger partial charge in [0.25, 0.3) is 0 Å². The molecule has 0 aliphatic heterocycles. The maximum Gasteiger partial charge on any atom is 0.0438 e. The van der Waals surface area contributed by atoms with Gasteiger partial charge in [-0.3, -0.25) is 0 Å². The summed E-state index contributed by atoms with van der Waals surface area (Å²) in [4.78, 5) is 0. The van der Waals surface area contributed by atoms with Crippen LogP contribution in [-0.2, 0) is 12.8 Å². The molecule has 2 aromatic carbocycles. The highest BCUT2D eigenvalue weighted by Crippen LogP contribution is 2.19. The van der Waals surface area contributed by atoms with Crippen LogP contribution in [0.2, 0.25) is 5.02 Å². The van der Waals surface area contributed by atoms with Crippen LogP contribution in [0.3, 0.4) is 0 Å². The summed E-state index contributed by atoms with van der Waals surface area (Å²) in [6.45, 7) is 3.10. The minimum Gasteiger partial charge on any atom is -0.314 e. The predicted molar refractivity (Wildman–Crippen MR) is 90.5 cm³/mol. The lowest BCUT2D eigenvalue weighted by Gasteiger charge is -2.19. The van der Waals surface area contributed by atoms with Gasteiger partial charge >= 0.3 is 0 Å². The Balaban J connectivity index is 2.09. The van der Waals surface area contributed by atoms with Gasteiger partial charge in [0, 0.05) is 15.5 Å². The zero-order valence-electron chi connectivity index (χ0n) is 11.6. The Morgan fingerprint density at radius 1 is 1.10 bits per heavy atom. The SMILES string of the molecule is CCNC(Cc1cccc(Br)c1)Cc1ccccc1Cl. The molecule has 0 amide bonds. The average Bonchev–Trinajstić information content (AvgIpc) is 2.42. The van der Waals surface area contributed by atoms with E-state index in [-0.39, 0.29) is 0 Å². The molecule has 1 atom stereocenters. The molecule has 1 N–H and O–H groups in total. The molecule has 106 valence electrons. The molecule has 1 nitrogen and oxygen atoms in total. The van der Waals surface area contributed by atoms with Crippen LogP contribution in [0.5, 0.6) is 0 Å². The highest BCUT2D eigenvalue weighted by atomic mass is 79.9. The molecule has 0 saturated carbocycles. The molecular weight excluding hydrogens is 334 g/mol. The summed E-state index contributed by atoms with van der Waals surface area (Å²) in [6, 6.07) is 17.0. The van der Waals surface area contributed by atoms with E-state index in [2.05, 4.69) is 58.5 Å². The summed E-state index contributed by atoms with van der Waals surface area (Å²) < 4.78 is 1.13. The summed E-state index contributed by atoms with van der Waals surface area (Å²) in [5.74, 6) is 0. The molecule has 0 radical (unpaired) electrons. The molecule has 0 saturated heterocycles. The third-order valence-corrected chi connectivity index (χ3v) is 4.15. The normalized spacial score (nSPS) is 12.3. The van der Waals surface area contributed by atoms with Gasteiger partial charge in [0.1, 0.15) is 0 Å². The van der Waals surface area contributed by atoms with E-state index >= 15 is 0 Å². The molecule has 0 heterocycles. The summed E-state index contributed by atoms with van der Waals surface area (Å²) in [5, 5.41) is 4.40. The average molecular weight is 353 g/mol. The van der Waals surface area contributed by atoms with Crippen LogP contribution in [0.25, 0.3) is 0 Å². The van der Waals surface area contributed by atoms with Crippen molar-refractivity contribution in [3.63, 3.8) is 0 Å². The van der Waals surface area contributed by atoms with E-state index in [1.807, 2.05) is 18.2 Å². The van der Waals surface area contributed by atoms with E-state index < -0.39 is 0 Å². The fourth-order valence-electron chi connectivity index (χ4n) is 2.38. The van der Waals surface area contributed by atoms with E-state index in [4.69, 9.17) is 11.6 Å². The zero-order chi connectivity index (χ0) is 14.4. The maximum atomic E-state index is 6.26. The van der Waals surface area contributed by atoms with Crippen molar-refractivity contribution in [2.75, 3.05) is 6.54 Å². The van der Waals surface area contributed by atoms with Crippen LogP contribution in [0.15, 0.2) is 53.0 Å². The number of likely N-dealkylation sites (N-methyl/N-ethyl adjacent to an activating group) is 1. The maximum absolute atomic E-state index is 6.26. The van der Waals surface area contributed by atoms with E-state index in [1.54, 1.807) is 0 Å². The van der Waals surface area contributed by atoms with Crippen molar-refractivity contribution in [1.82, 2.24) is 5.32 Å². The molecule has 0 aliphatic rings. The van der Waals surface area contributed by atoms with Crippen molar-refractivity contribution in [2.24, 2.45) is 0 Å². The number of hydrogen-bond acceptors (Lipinski definition) is 1. The molecule has 3 heteroatoms. The van der Waals surface area contributed by atoms with Crippen molar-refractivity contribution >= 4 is 27.5 Å². The topological polar surface area (TPSA) is 12.0 Å². The first-order valence-corrected chi connectivity index (χ1v) is 8.07. The van der Waals surface area contributed by atoms with Crippen molar-refractivity contribution < 1.29 is 0 Å². The Morgan fingerprint density at radius 3 is 2.60 bits per heavy atom. The predicted octanol–water partition coefficient (Wildman–Crippen LogP) is 4.87. The second kappa shape index (κ2) is 7.82. The van der Waals surface area contributed by atoms with Gasteiger partial charge in [-0.15, -0.1) is 0 Å². The second-order valence-electron chi connectivity index (χ2n) is 4.88. The minimum atomic E-state index is 0.397. The van der Waals surface area contributed by atoms with Gasteiger partial charge in [-0.1, -0.05) is 64.8 Å². The fraction of sp³-hybridized carbons (Fsp3) is 0.294. The molecule has 1 unspecified atom stereocenters. The summed E-state index contributed by atoms with van der Waals surface area (Å²) >= 11 is 9.79.